The molecule has 0 radical (unpaired) electrons. The summed E-state index contributed by atoms with van der Waals surface area (Å²) in [6.07, 6.45) is 5.82. The lowest BCUT2D eigenvalue weighted by Crippen LogP contribution is -2.27. The van der Waals surface area contributed by atoms with E-state index in [9.17, 15) is 4.79 Å². The van der Waals surface area contributed by atoms with Crippen LogP contribution in [0.4, 0.5) is 5.69 Å². The molecule has 18 heavy (non-hydrogen) atoms. The van der Waals surface area contributed by atoms with Crippen molar-refractivity contribution in [1.29, 1.82) is 0 Å². The van der Waals surface area contributed by atoms with Gasteiger partial charge in [-0.3, -0.25) is 4.79 Å². The molecular formula is C16H23NO. The molecule has 0 spiro atoms. The maximum atomic E-state index is 12.6. The fraction of sp³-hybridized carbons (Fsp3) is 0.562. The molecular weight excluding hydrogens is 222 g/mol. The first-order valence-corrected chi connectivity index (χ1v) is 7.03. The van der Waals surface area contributed by atoms with Crippen molar-refractivity contribution in [2.24, 2.45) is 11.8 Å². The first-order valence-electron chi connectivity index (χ1n) is 7.03. The Bertz CT molecular complexity index is 439. The zero-order valence-corrected chi connectivity index (χ0v) is 11.4. The van der Waals surface area contributed by atoms with Crippen molar-refractivity contribution in [3.63, 3.8) is 0 Å². The molecule has 0 heterocycles. The average molecular weight is 245 g/mol. The number of carbonyl (C=O) groups is 1. The van der Waals surface area contributed by atoms with E-state index in [1.54, 1.807) is 0 Å². The van der Waals surface area contributed by atoms with Crippen molar-refractivity contribution in [1.82, 2.24) is 0 Å². The van der Waals surface area contributed by atoms with E-state index in [-0.39, 0.29) is 5.92 Å². The van der Waals surface area contributed by atoms with Crippen LogP contribution < -0.4 is 5.73 Å². The molecule has 0 aliphatic heterocycles. The molecule has 1 aromatic carbocycles. The molecule has 1 aliphatic carbocycles. The van der Waals surface area contributed by atoms with Crippen LogP contribution in [-0.4, -0.2) is 5.78 Å². The molecule has 2 atom stereocenters. The second-order valence-corrected chi connectivity index (χ2v) is 5.49. The van der Waals surface area contributed by atoms with Gasteiger partial charge in [-0.2, -0.15) is 0 Å². The van der Waals surface area contributed by atoms with Crippen molar-refractivity contribution in [3.8, 4) is 0 Å². The molecule has 0 saturated heterocycles. The van der Waals surface area contributed by atoms with Crippen LogP contribution in [0.1, 0.15) is 54.9 Å². The highest BCUT2D eigenvalue weighted by Crippen LogP contribution is 2.34. The maximum Gasteiger partial charge on any atom is 0.166 e. The fourth-order valence-electron chi connectivity index (χ4n) is 3.05. The van der Waals surface area contributed by atoms with E-state index < -0.39 is 0 Å². The molecule has 2 heteroatoms. The van der Waals surface area contributed by atoms with Crippen LogP contribution in [0.25, 0.3) is 0 Å². The smallest absolute Gasteiger partial charge is 0.166 e. The number of nitrogen functional groups attached to an aromatic ring is 1. The minimum Gasteiger partial charge on any atom is -0.398 e. The van der Waals surface area contributed by atoms with E-state index in [2.05, 4.69) is 6.92 Å². The van der Waals surface area contributed by atoms with Crippen molar-refractivity contribution < 1.29 is 4.79 Å². The summed E-state index contributed by atoms with van der Waals surface area (Å²) in [5.41, 5.74) is 8.47. The number of hydrogen-bond acceptors (Lipinski definition) is 2. The topological polar surface area (TPSA) is 43.1 Å². The molecule has 0 amide bonds. The third kappa shape index (κ3) is 2.58. The molecule has 1 aliphatic rings. The molecule has 1 saturated carbocycles. The number of hydrogen-bond donors (Lipinski definition) is 1. The summed E-state index contributed by atoms with van der Waals surface area (Å²) in [7, 11) is 0. The lowest BCUT2D eigenvalue weighted by atomic mass is 9.74. The molecule has 2 N–H and O–H groups in total. The van der Waals surface area contributed by atoms with Gasteiger partial charge in [0.25, 0.3) is 0 Å². The van der Waals surface area contributed by atoms with Crippen LogP contribution in [0.5, 0.6) is 0 Å². The lowest BCUT2D eigenvalue weighted by molar-refractivity contribution is 0.0820. The summed E-state index contributed by atoms with van der Waals surface area (Å²) < 4.78 is 0. The number of anilines is 1. The highest BCUT2D eigenvalue weighted by Gasteiger charge is 2.30. The molecule has 98 valence electrons. The van der Waals surface area contributed by atoms with Crippen molar-refractivity contribution in [2.45, 2.75) is 46.0 Å². The number of rotatable bonds is 3. The van der Waals surface area contributed by atoms with Crippen LogP contribution in [-0.2, 0) is 0 Å². The van der Waals surface area contributed by atoms with Gasteiger partial charge in [0.15, 0.2) is 5.78 Å². The maximum absolute atomic E-state index is 12.6. The van der Waals surface area contributed by atoms with Gasteiger partial charge in [0, 0.05) is 17.2 Å². The standard InChI is InChI=1S/C16H23NO/c1-3-12-6-4-5-7-14(12)16(18)13-9-8-11(2)15(17)10-13/h8-10,12,14H,3-7,17H2,1-2H3. The van der Waals surface area contributed by atoms with E-state index in [1.807, 2.05) is 25.1 Å². The van der Waals surface area contributed by atoms with Crippen LogP contribution in [0.3, 0.4) is 0 Å². The van der Waals surface area contributed by atoms with Gasteiger partial charge in [0.05, 0.1) is 0 Å². The van der Waals surface area contributed by atoms with Crippen LogP contribution in [0.15, 0.2) is 18.2 Å². The van der Waals surface area contributed by atoms with Crippen LogP contribution in [0, 0.1) is 18.8 Å². The molecule has 0 aromatic heterocycles. The number of carbonyl (C=O) groups excluding carboxylic acids is 1. The van der Waals surface area contributed by atoms with Gasteiger partial charge >= 0.3 is 0 Å². The van der Waals surface area contributed by atoms with Gasteiger partial charge < -0.3 is 5.73 Å². The zero-order valence-electron chi connectivity index (χ0n) is 11.4. The van der Waals surface area contributed by atoms with Gasteiger partial charge in [-0.1, -0.05) is 38.3 Å². The van der Waals surface area contributed by atoms with Crippen molar-refractivity contribution in [2.75, 3.05) is 5.73 Å². The molecule has 2 rings (SSSR count). The number of benzene rings is 1. The van der Waals surface area contributed by atoms with E-state index in [0.717, 1.165) is 29.7 Å². The third-order valence-electron chi connectivity index (χ3n) is 4.33. The summed E-state index contributed by atoms with van der Waals surface area (Å²) in [4.78, 5) is 12.6. The molecule has 2 unspecified atom stereocenters. The highest BCUT2D eigenvalue weighted by atomic mass is 16.1. The lowest BCUT2D eigenvalue weighted by Gasteiger charge is -2.29. The van der Waals surface area contributed by atoms with E-state index >= 15 is 0 Å². The highest BCUT2D eigenvalue weighted by molar-refractivity contribution is 5.99. The summed E-state index contributed by atoms with van der Waals surface area (Å²) in [6, 6.07) is 5.72. The second-order valence-electron chi connectivity index (χ2n) is 5.49. The van der Waals surface area contributed by atoms with Crippen molar-refractivity contribution in [3.05, 3.63) is 29.3 Å². The number of nitrogens with two attached hydrogens (primary N) is 1. The fourth-order valence-corrected chi connectivity index (χ4v) is 3.05. The third-order valence-corrected chi connectivity index (χ3v) is 4.33. The average Bonchev–Trinajstić information content (AvgIpc) is 2.41. The Morgan fingerprint density at radius 3 is 2.72 bits per heavy atom. The Labute approximate surface area is 110 Å². The van der Waals surface area contributed by atoms with Gasteiger partial charge in [0.2, 0.25) is 0 Å². The predicted molar refractivity (Wildman–Crippen MR) is 75.7 cm³/mol. The quantitative estimate of drug-likeness (QED) is 0.646. The van der Waals surface area contributed by atoms with Crippen LogP contribution >= 0.6 is 0 Å². The Morgan fingerprint density at radius 1 is 1.33 bits per heavy atom. The molecule has 0 bridgehead atoms. The first-order chi connectivity index (χ1) is 8.63. The number of aryl methyl sites for hydroxylation is 1. The van der Waals surface area contributed by atoms with Gasteiger partial charge in [-0.15, -0.1) is 0 Å². The Kier molecular flexibility index (Phi) is 4.05. The minimum absolute atomic E-state index is 0.214. The van der Waals surface area contributed by atoms with E-state index in [4.69, 9.17) is 5.73 Å². The summed E-state index contributed by atoms with van der Waals surface area (Å²) in [5.74, 6) is 1.08. The van der Waals surface area contributed by atoms with Gasteiger partial charge in [-0.25, -0.2) is 0 Å². The molecule has 1 fully saturated rings. The zero-order chi connectivity index (χ0) is 13.1. The summed E-state index contributed by atoms with van der Waals surface area (Å²) in [5, 5.41) is 0. The second kappa shape index (κ2) is 5.55. The Balaban J connectivity index is 2.21. The predicted octanol–water partition coefficient (Wildman–Crippen LogP) is 3.98. The Morgan fingerprint density at radius 2 is 2.06 bits per heavy atom. The van der Waals surface area contributed by atoms with Gasteiger partial charge in [0.1, 0.15) is 0 Å². The van der Waals surface area contributed by atoms with E-state index in [1.165, 1.54) is 19.3 Å². The number of Topliss-reactive ketones (excluding diaryl/α,β-unsaturated/α-hetero) is 1. The normalized spacial score (nSPS) is 23.9. The summed E-state index contributed by atoms with van der Waals surface area (Å²) in [6.45, 7) is 4.17. The number of ketones is 1. The Hall–Kier alpha value is -1.31. The van der Waals surface area contributed by atoms with E-state index in [0.29, 0.717) is 11.7 Å². The molecule has 2 nitrogen and oxygen atoms in total. The summed E-state index contributed by atoms with van der Waals surface area (Å²) >= 11 is 0. The van der Waals surface area contributed by atoms with Crippen molar-refractivity contribution >= 4 is 11.5 Å². The minimum atomic E-state index is 0.214. The van der Waals surface area contributed by atoms with Gasteiger partial charge in [-0.05, 0) is 37.3 Å². The SMILES string of the molecule is CCC1CCCCC1C(=O)c1ccc(C)c(N)c1. The first kappa shape index (κ1) is 13.1. The largest absolute Gasteiger partial charge is 0.398 e. The van der Waals surface area contributed by atoms with Crippen LogP contribution in [0.2, 0.25) is 0 Å². The monoisotopic (exact) mass is 245 g/mol. The molecule has 1 aromatic rings.